The molecule has 5 nitrogen and oxygen atoms in total. The fourth-order valence-electron chi connectivity index (χ4n) is 1.50. The van der Waals surface area contributed by atoms with E-state index in [0.29, 0.717) is 0 Å². The number of ether oxygens (including phenoxy) is 2. The molecule has 110 valence electrons. The van der Waals surface area contributed by atoms with Gasteiger partial charge in [0.15, 0.2) is 0 Å². The zero-order chi connectivity index (χ0) is 23.5. The summed E-state index contributed by atoms with van der Waals surface area (Å²) in [4.78, 5) is 3.83. The van der Waals surface area contributed by atoms with Gasteiger partial charge in [0.05, 0.1) is 43.2 Å². The van der Waals surface area contributed by atoms with E-state index >= 15 is 0 Å². The van der Waals surface area contributed by atoms with E-state index in [4.69, 9.17) is 27.8 Å². The fraction of sp³-hybridized carbons (Fsp3) is 0.643. The minimum Gasteiger partial charge on any atom is -0.490 e. The topological polar surface area (TPSA) is 49.8 Å². The first kappa shape index (κ1) is 6.77. The monoisotopic (exact) mass is 289 g/mol. The molecule has 0 aliphatic carbocycles. The number of rotatable bonds is 5. The number of hydrogen-bond acceptors (Lipinski definition) is 5. The van der Waals surface area contributed by atoms with Gasteiger partial charge in [0.1, 0.15) is 12.3 Å². The second kappa shape index (κ2) is 5.72. The maximum atomic E-state index is 8.15. The van der Waals surface area contributed by atoms with Crippen molar-refractivity contribution in [3.63, 3.8) is 0 Å². The molecule has 1 aromatic rings. The predicted octanol–water partition coefficient (Wildman–Crippen LogP) is 1.41. The molecule has 1 saturated heterocycles. The first-order valence-corrected chi connectivity index (χ1v) is 5.93. The van der Waals surface area contributed by atoms with Crippen LogP contribution in [0.2, 0.25) is 0 Å². The highest BCUT2D eigenvalue weighted by molar-refractivity contribution is 6.61. The standard InChI is InChI=1S/C14H22BNO4/c1-13(2)14(3,4)20-15(19-13)12-7-6-11(10-16-12)18-9-8-17-5/h6-7,10H,8-9H2,1-5H3/i5D3,6D,7D,8D2,9D2,10D. The Bertz CT molecular complexity index is 814. The predicted molar refractivity (Wildman–Crippen MR) is 77.3 cm³/mol. The van der Waals surface area contributed by atoms with Gasteiger partial charge in [0, 0.05) is 7.04 Å². The van der Waals surface area contributed by atoms with E-state index in [1.54, 1.807) is 27.7 Å². The van der Waals surface area contributed by atoms with Crippen LogP contribution >= 0.6 is 0 Å². The largest absolute Gasteiger partial charge is 0.514 e. The van der Waals surface area contributed by atoms with Crippen LogP contribution in [0.15, 0.2) is 18.3 Å². The minimum absolute atomic E-state index is 0.196. The molecule has 1 aromatic heterocycles. The zero-order valence-electron chi connectivity index (χ0n) is 21.7. The van der Waals surface area contributed by atoms with Gasteiger partial charge in [-0.05, 0) is 39.8 Å². The van der Waals surface area contributed by atoms with Crippen LogP contribution in [0.3, 0.4) is 0 Å². The average Bonchev–Trinajstić information content (AvgIpc) is 2.72. The number of methoxy groups -OCH3 is 1. The smallest absolute Gasteiger partial charge is 0.490 e. The summed E-state index contributed by atoms with van der Waals surface area (Å²) in [7, 11) is -4.43. The van der Waals surface area contributed by atoms with Crippen LogP contribution < -0.4 is 10.3 Å². The molecule has 6 heteroatoms. The summed E-state index contributed by atoms with van der Waals surface area (Å²) < 4.78 is 96.1. The molecule has 0 saturated carbocycles. The molecule has 0 radical (unpaired) electrons. The molecule has 0 amide bonds. The number of nitrogens with zero attached hydrogens (tertiary/aromatic N) is 1. The van der Waals surface area contributed by atoms with Crippen molar-refractivity contribution in [2.75, 3.05) is 20.2 Å². The van der Waals surface area contributed by atoms with Gasteiger partial charge < -0.3 is 18.8 Å². The first-order chi connectivity index (χ1) is 13.2. The molecule has 1 aliphatic heterocycles. The lowest BCUT2D eigenvalue weighted by molar-refractivity contribution is 0.00578. The lowest BCUT2D eigenvalue weighted by Gasteiger charge is -2.32. The van der Waals surface area contributed by atoms with Crippen molar-refractivity contribution >= 4 is 12.7 Å². The van der Waals surface area contributed by atoms with Gasteiger partial charge in [-0.3, -0.25) is 4.98 Å². The van der Waals surface area contributed by atoms with E-state index in [-0.39, 0.29) is 5.59 Å². The third kappa shape index (κ3) is 3.14. The molecule has 0 aromatic carbocycles. The molecule has 2 rings (SSSR count). The first-order valence-electron chi connectivity index (χ1n) is 10.9. The van der Waals surface area contributed by atoms with E-state index in [2.05, 4.69) is 9.72 Å². The summed E-state index contributed by atoms with van der Waals surface area (Å²) in [5, 5.41) is 0. The van der Waals surface area contributed by atoms with Crippen molar-refractivity contribution in [1.82, 2.24) is 4.98 Å². The molecule has 0 spiro atoms. The van der Waals surface area contributed by atoms with Crippen molar-refractivity contribution < 1.29 is 32.5 Å². The molecule has 1 fully saturated rings. The van der Waals surface area contributed by atoms with E-state index in [1.165, 1.54) is 0 Å². The second-order valence-electron chi connectivity index (χ2n) is 5.18. The molecular weight excluding hydrogens is 257 g/mol. The van der Waals surface area contributed by atoms with E-state index in [1.807, 2.05) is 0 Å². The van der Waals surface area contributed by atoms with Gasteiger partial charge in [0.25, 0.3) is 0 Å². The quantitative estimate of drug-likeness (QED) is 0.767. The summed E-state index contributed by atoms with van der Waals surface area (Å²) >= 11 is 0. The maximum absolute atomic E-state index is 8.15. The van der Waals surface area contributed by atoms with Gasteiger partial charge in [0.2, 0.25) is 0 Å². The lowest BCUT2D eigenvalue weighted by Crippen LogP contribution is -2.41. The fourth-order valence-corrected chi connectivity index (χ4v) is 1.50. The Balaban J connectivity index is 2.40. The van der Waals surface area contributed by atoms with Crippen LogP contribution in [0.1, 0.15) is 41.4 Å². The Labute approximate surface area is 134 Å². The molecule has 0 atom stereocenters. The zero-order valence-corrected chi connectivity index (χ0v) is 11.7. The van der Waals surface area contributed by atoms with Gasteiger partial charge >= 0.3 is 7.12 Å². The van der Waals surface area contributed by atoms with Crippen molar-refractivity contribution in [3.05, 3.63) is 18.3 Å². The molecule has 0 bridgehead atoms. The maximum Gasteiger partial charge on any atom is 0.514 e. The van der Waals surface area contributed by atoms with Crippen molar-refractivity contribution in [1.29, 1.82) is 0 Å². The van der Waals surface area contributed by atoms with Crippen molar-refractivity contribution in [3.8, 4) is 5.75 Å². The molecule has 0 unspecified atom stereocenters. The van der Waals surface area contributed by atoms with E-state index in [0.717, 1.165) is 0 Å². The third-order valence-electron chi connectivity index (χ3n) is 3.30. The minimum atomic E-state index is -3.47. The summed E-state index contributed by atoms with van der Waals surface area (Å²) in [6, 6.07) is -1.35. The van der Waals surface area contributed by atoms with Crippen LogP contribution in [0.25, 0.3) is 0 Å². The SMILES string of the molecule is [2H]c1nc(B2OC(C)(C)C(C)(C)O2)c([2H])c([2H])c1OC([2H])([2H])C([2H])([2H])OC([2H])([2H])[2H]. The van der Waals surface area contributed by atoms with Crippen LogP contribution in [0.5, 0.6) is 5.75 Å². The Kier molecular flexibility index (Phi) is 1.93. The highest BCUT2D eigenvalue weighted by Crippen LogP contribution is 2.36. The van der Waals surface area contributed by atoms with Crippen molar-refractivity contribution in [2.45, 2.75) is 38.9 Å². The normalized spacial score (nSPS) is 29.5. The summed E-state index contributed by atoms with van der Waals surface area (Å²) in [5.74, 6) is -0.858. The molecule has 20 heavy (non-hydrogen) atoms. The van der Waals surface area contributed by atoms with Crippen molar-refractivity contribution in [2.24, 2.45) is 0 Å². The van der Waals surface area contributed by atoms with Gasteiger partial charge in [-0.1, -0.05) is 0 Å². The molecular formula is C14H22BNO4. The summed E-state index contributed by atoms with van der Waals surface area (Å²) in [6.45, 7) is 0.159. The lowest BCUT2D eigenvalue weighted by atomic mass is 9.84. The van der Waals surface area contributed by atoms with Crippen LogP contribution in [0.4, 0.5) is 0 Å². The Morgan fingerprint density at radius 3 is 2.65 bits per heavy atom. The number of aromatic nitrogens is 1. The molecule has 0 N–H and O–H groups in total. The Hall–Kier alpha value is -1.11. The average molecular weight is 289 g/mol. The molecule has 2 heterocycles. The van der Waals surface area contributed by atoms with Gasteiger partial charge in [-0.2, -0.15) is 0 Å². The van der Waals surface area contributed by atoms with Gasteiger partial charge in [-0.15, -0.1) is 0 Å². The molecule has 1 aliphatic rings. The summed E-state index contributed by atoms with van der Waals surface area (Å²) in [6.07, 6.45) is -0.783. The Morgan fingerprint density at radius 2 is 2.00 bits per heavy atom. The number of hydrogen-bond donors (Lipinski definition) is 0. The number of pyridine rings is 1. The van der Waals surface area contributed by atoms with E-state index in [9.17, 15) is 0 Å². The van der Waals surface area contributed by atoms with Gasteiger partial charge in [-0.25, -0.2) is 0 Å². The highest BCUT2D eigenvalue weighted by atomic mass is 16.7. The van der Waals surface area contributed by atoms with Crippen LogP contribution in [0, 0.1) is 0 Å². The van der Waals surface area contributed by atoms with Crippen LogP contribution in [-0.2, 0) is 14.0 Å². The van der Waals surface area contributed by atoms with E-state index < -0.39 is 62.5 Å². The summed E-state index contributed by atoms with van der Waals surface area (Å²) in [5.41, 5.74) is -1.74. The Morgan fingerprint density at radius 1 is 1.30 bits per heavy atom. The third-order valence-corrected chi connectivity index (χ3v) is 3.30. The second-order valence-corrected chi connectivity index (χ2v) is 5.18. The van der Waals surface area contributed by atoms with Crippen LogP contribution in [-0.4, -0.2) is 43.5 Å². The highest BCUT2D eigenvalue weighted by Gasteiger charge is 2.52.